The van der Waals surface area contributed by atoms with Crippen molar-refractivity contribution in [3.8, 4) is 11.3 Å². The summed E-state index contributed by atoms with van der Waals surface area (Å²) in [5, 5.41) is 0. The maximum atomic E-state index is 13.2. The second-order valence-corrected chi connectivity index (χ2v) is 5.81. The van der Waals surface area contributed by atoms with E-state index in [-0.39, 0.29) is 11.7 Å². The molecule has 0 aliphatic carbocycles. The number of nitrogens with two attached hydrogens (primary N) is 1. The van der Waals surface area contributed by atoms with Gasteiger partial charge in [-0.25, -0.2) is 9.37 Å². The Bertz CT molecular complexity index is 852. The van der Waals surface area contributed by atoms with Crippen LogP contribution in [0.2, 0.25) is 0 Å². The van der Waals surface area contributed by atoms with Crippen LogP contribution in [0.15, 0.2) is 42.5 Å². The Balaban J connectivity index is 2.34. The molecule has 5 heteroatoms. The van der Waals surface area contributed by atoms with E-state index in [1.807, 2.05) is 32.0 Å². The quantitative estimate of drug-likeness (QED) is 0.747. The average molecular weight is 313 g/mol. The van der Waals surface area contributed by atoms with Gasteiger partial charge in [0.1, 0.15) is 11.5 Å². The summed E-state index contributed by atoms with van der Waals surface area (Å²) in [7, 11) is 0. The minimum atomic E-state index is -0.271. The molecule has 0 fully saturated rings. The number of fused-ring (bicyclic) bond motifs is 1. The Hall–Kier alpha value is -2.27. The lowest BCUT2D eigenvalue weighted by Crippen LogP contribution is -2.19. The number of aromatic nitrogens is 2. The van der Waals surface area contributed by atoms with E-state index in [9.17, 15) is 4.39 Å². The molecule has 0 radical (unpaired) electrons. The number of hydrogen-bond acceptors (Lipinski definition) is 2. The van der Waals surface area contributed by atoms with Crippen molar-refractivity contribution in [1.29, 1.82) is 0 Å². The molecular formula is C17H16FN3S. The largest absolute Gasteiger partial charge is 0.393 e. The van der Waals surface area contributed by atoms with Gasteiger partial charge in [-0.15, -0.1) is 0 Å². The van der Waals surface area contributed by atoms with E-state index < -0.39 is 0 Å². The number of rotatable bonds is 3. The number of benzene rings is 1. The summed E-state index contributed by atoms with van der Waals surface area (Å²) in [6.07, 6.45) is 0. The standard InChI is InChI=1S/C17H16FN3S/c1-10-4-3-5-14-20-15(12-6-8-13(18)9-7-12)16(21(10)14)11(2)17(19)22/h3-9,11H,1-2H3,(H2,19,22). The van der Waals surface area contributed by atoms with Crippen LogP contribution in [0.25, 0.3) is 16.9 Å². The van der Waals surface area contributed by atoms with E-state index in [1.165, 1.54) is 12.1 Å². The lowest BCUT2D eigenvalue weighted by atomic mass is 10.0. The molecule has 2 N–H and O–H groups in total. The van der Waals surface area contributed by atoms with Gasteiger partial charge in [-0.3, -0.25) is 4.40 Å². The Labute approximate surface area is 133 Å². The summed E-state index contributed by atoms with van der Waals surface area (Å²) < 4.78 is 15.3. The highest BCUT2D eigenvalue weighted by Gasteiger charge is 2.22. The molecule has 0 aliphatic heterocycles. The highest BCUT2D eigenvalue weighted by Crippen LogP contribution is 2.31. The Kier molecular flexibility index (Phi) is 3.66. The Morgan fingerprint density at radius 2 is 1.91 bits per heavy atom. The minimum absolute atomic E-state index is 0.133. The monoisotopic (exact) mass is 313 g/mol. The zero-order chi connectivity index (χ0) is 15.9. The molecule has 3 rings (SSSR count). The first-order valence-corrected chi connectivity index (χ1v) is 7.43. The van der Waals surface area contributed by atoms with Crippen LogP contribution < -0.4 is 5.73 Å². The number of pyridine rings is 1. The molecule has 0 spiro atoms. The van der Waals surface area contributed by atoms with E-state index in [4.69, 9.17) is 22.9 Å². The molecule has 0 bridgehead atoms. The molecule has 2 heterocycles. The third kappa shape index (κ3) is 2.37. The molecule has 1 unspecified atom stereocenters. The number of nitrogens with zero attached hydrogens (tertiary/aromatic N) is 2. The first-order valence-electron chi connectivity index (χ1n) is 7.02. The highest BCUT2D eigenvalue weighted by atomic mass is 32.1. The Morgan fingerprint density at radius 3 is 2.55 bits per heavy atom. The number of halogens is 1. The van der Waals surface area contributed by atoms with Crippen LogP contribution in [0.4, 0.5) is 4.39 Å². The summed E-state index contributed by atoms with van der Waals surface area (Å²) in [6.45, 7) is 3.98. The summed E-state index contributed by atoms with van der Waals surface area (Å²) in [6, 6.07) is 12.2. The fraction of sp³-hybridized carbons (Fsp3) is 0.176. The van der Waals surface area contributed by atoms with Crippen LogP contribution in [0.1, 0.15) is 24.2 Å². The normalized spacial score (nSPS) is 12.5. The van der Waals surface area contributed by atoms with Crippen LogP contribution >= 0.6 is 12.2 Å². The molecule has 0 aliphatic rings. The van der Waals surface area contributed by atoms with E-state index in [1.54, 1.807) is 12.1 Å². The molecule has 0 saturated heterocycles. The van der Waals surface area contributed by atoms with Gasteiger partial charge in [-0.1, -0.05) is 25.2 Å². The van der Waals surface area contributed by atoms with Gasteiger partial charge in [0.2, 0.25) is 0 Å². The molecule has 22 heavy (non-hydrogen) atoms. The van der Waals surface area contributed by atoms with Crippen molar-refractivity contribution in [2.45, 2.75) is 19.8 Å². The van der Waals surface area contributed by atoms with Crippen LogP contribution in [0.5, 0.6) is 0 Å². The number of aryl methyl sites for hydroxylation is 1. The van der Waals surface area contributed by atoms with Gasteiger partial charge in [0.25, 0.3) is 0 Å². The maximum Gasteiger partial charge on any atom is 0.137 e. The van der Waals surface area contributed by atoms with Crippen molar-refractivity contribution in [1.82, 2.24) is 9.38 Å². The molecular weight excluding hydrogens is 297 g/mol. The van der Waals surface area contributed by atoms with Crippen molar-refractivity contribution in [2.75, 3.05) is 0 Å². The fourth-order valence-electron chi connectivity index (χ4n) is 2.64. The van der Waals surface area contributed by atoms with E-state index in [2.05, 4.69) is 4.40 Å². The van der Waals surface area contributed by atoms with E-state index in [0.717, 1.165) is 28.3 Å². The molecule has 112 valence electrons. The van der Waals surface area contributed by atoms with Crippen molar-refractivity contribution in [2.24, 2.45) is 5.73 Å². The number of imidazole rings is 1. The molecule has 3 aromatic rings. The summed E-state index contributed by atoms with van der Waals surface area (Å²) in [5.41, 5.74) is 10.3. The van der Waals surface area contributed by atoms with Gasteiger partial charge in [-0.2, -0.15) is 0 Å². The first kappa shape index (κ1) is 14.7. The SMILES string of the molecule is Cc1cccc2nc(-c3ccc(F)cc3)c(C(C)C(N)=S)n12. The molecule has 0 amide bonds. The topological polar surface area (TPSA) is 43.3 Å². The van der Waals surface area contributed by atoms with Crippen LogP contribution in [0.3, 0.4) is 0 Å². The van der Waals surface area contributed by atoms with Crippen molar-refractivity contribution in [3.63, 3.8) is 0 Å². The summed E-state index contributed by atoms with van der Waals surface area (Å²) >= 11 is 5.18. The summed E-state index contributed by atoms with van der Waals surface area (Å²) in [4.78, 5) is 5.11. The number of hydrogen-bond donors (Lipinski definition) is 1. The molecule has 1 aromatic carbocycles. The van der Waals surface area contributed by atoms with E-state index >= 15 is 0 Å². The molecule has 1 atom stereocenters. The van der Waals surface area contributed by atoms with Gasteiger partial charge in [0, 0.05) is 17.2 Å². The third-order valence-electron chi connectivity index (χ3n) is 3.83. The number of thiocarbonyl (C=S) groups is 1. The van der Waals surface area contributed by atoms with Gasteiger partial charge < -0.3 is 5.73 Å². The molecule has 2 aromatic heterocycles. The predicted octanol–water partition coefficient (Wildman–Crippen LogP) is 3.84. The van der Waals surface area contributed by atoms with Gasteiger partial charge in [0.05, 0.1) is 16.4 Å². The smallest absolute Gasteiger partial charge is 0.137 e. The van der Waals surface area contributed by atoms with Crippen molar-refractivity contribution in [3.05, 3.63) is 59.7 Å². The summed E-state index contributed by atoms with van der Waals surface area (Å²) in [5.74, 6) is -0.404. The van der Waals surface area contributed by atoms with Crippen LogP contribution in [0, 0.1) is 12.7 Å². The van der Waals surface area contributed by atoms with Gasteiger partial charge in [-0.05, 0) is 43.3 Å². The molecule has 3 nitrogen and oxygen atoms in total. The Morgan fingerprint density at radius 1 is 1.23 bits per heavy atom. The lowest BCUT2D eigenvalue weighted by Gasteiger charge is -2.14. The third-order valence-corrected chi connectivity index (χ3v) is 4.18. The first-order chi connectivity index (χ1) is 10.5. The zero-order valence-corrected chi connectivity index (χ0v) is 13.2. The highest BCUT2D eigenvalue weighted by molar-refractivity contribution is 7.80. The predicted molar refractivity (Wildman–Crippen MR) is 90.5 cm³/mol. The minimum Gasteiger partial charge on any atom is -0.393 e. The van der Waals surface area contributed by atoms with Crippen LogP contribution in [-0.2, 0) is 0 Å². The average Bonchev–Trinajstić information content (AvgIpc) is 2.88. The zero-order valence-electron chi connectivity index (χ0n) is 12.4. The lowest BCUT2D eigenvalue weighted by molar-refractivity contribution is 0.628. The van der Waals surface area contributed by atoms with Gasteiger partial charge in [0.15, 0.2) is 0 Å². The van der Waals surface area contributed by atoms with Gasteiger partial charge >= 0.3 is 0 Å². The van der Waals surface area contributed by atoms with Crippen LogP contribution in [-0.4, -0.2) is 14.4 Å². The van der Waals surface area contributed by atoms with Crippen molar-refractivity contribution < 1.29 is 4.39 Å². The second-order valence-electron chi connectivity index (χ2n) is 5.34. The second kappa shape index (κ2) is 5.50. The van der Waals surface area contributed by atoms with Crippen molar-refractivity contribution >= 4 is 22.9 Å². The maximum absolute atomic E-state index is 13.2. The molecule has 0 saturated carbocycles. The van der Waals surface area contributed by atoms with E-state index in [0.29, 0.717) is 4.99 Å². The fourth-order valence-corrected chi connectivity index (χ4v) is 2.75.